The second-order valence-electron chi connectivity index (χ2n) is 16.9. The van der Waals surface area contributed by atoms with E-state index in [1.165, 1.54) is 49.7 Å². The Labute approximate surface area is 351 Å². The molecule has 3 aliphatic heterocycles. The van der Waals surface area contributed by atoms with E-state index in [0.29, 0.717) is 19.6 Å². The van der Waals surface area contributed by atoms with Crippen LogP contribution in [0, 0.1) is 0 Å². The average Bonchev–Trinajstić information content (AvgIpc) is 3.78. The van der Waals surface area contributed by atoms with Crippen LogP contribution in [0.3, 0.4) is 0 Å². The molecule has 0 saturated carbocycles. The van der Waals surface area contributed by atoms with Crippen LogP contribution in [0.1, 0.15) is 90.2 Å². The van der Waals surface area contributed by atoms with E-state index in [-0.39, 0.29) is 39.4 Å². The number of carbonyl (C=O) groups excluding carboxylic acids is 2. The molecule has 6 aromatic rings. The van der Waals surface area contributed by atoms with Crippen molar-refractivity contribution in [3.63, 3.8) is 0 Å². The minimum Gasteiger partial charge on any atom is -0.444 e. The van der Waals surface area contributed by atoms with Crippen molar-refractivity contribution in [2.75, 3.05) is 19.6 Å². The second kappa shape index (κ2) is 18.3. The van der Waals surface area contributed by atoms with Gasteiger partial charge in [0, 0.05) is 83.5 Å². The number of nitrogens with one attached hydrogen (secondary N) is 2. The third kappa shape index (κ3) is 9.67. The number of carbonyl (C=O) groups is 2. The maximum Gasteiger partial charge on any atom is 0.410 e. The summed E-state index contributed by atoms with van der Waals surface area (Å²) in [5.74, 6) is 0. The number of fused-ring (bicyclic) bond motifs is 9. The lowest BCUT2D eigenvalue weighted by Gasteiger charge is -2.30. The second-order valence-corrected chi connectivity index (χ2v) is 16.9. The van der Waals surface area contributed by atoms with Crippen molar-refractivity contribution in [3.05, 3.63) is 107 Å². The van der Waals surface area contributed by atoms with Gasteiger partial charge in [-0.1, -0.05) is 69.5 Å². The highest BCUT2D eigenvalue weighted by Gasteiger charge is 2.29. The number of hydrogen-bond donors (Lipinski definition) is 2. The van der Waals surface area contributed by atoms with E-state index >= 15 is 0 Å². The summed E-state index contributed by atoms with van der Waals surface area (Å²) in [5.41, 5.74) is 10.9. The smallest absolute Gasteiger partial charge is 0.410 e. The molecule has 58 heavy (non-hydrogen) atoms. The highest BCUT2D eigenvalue weighted by atomic mass is 35.5. The fourth-order valence-corrected chi connectivity index (χ4v) is 8.12. The molecule has 0 fully saturated rings. The summed E-state index contributed by atoms with van der Waals surface area (Å²) in [5, 5.41) is 7.43. The predicted octanol–water partition coefficient (Wildman–Crippen LogP) is 10.5. The van der Waals surface area contributed by atoms with Crippen molar-refractivity contribution in [2.45, 2.75) is 106 Å². The number of rotatable bonds is 0. The molecule has 3 aromatic carbocycles. The SMILES string of the molecule is C.C.CC(C)(C)OC(=O)N1CCc2c([nH]c3ccccc23)C1.Cl.Cn1c2c(c3ccccc31)CCN(C(=O)OC(C)(C)C)C2.Cn1c2c(c3ccccc31)CCNC2. The molecule has 11 heteroatoms. The Kier molecular flexibility index (Phi) is 14.5. The van der Waals surface area contributed by atoms with Gasteiger partial charge in [-0.15, -0.1) is 12.4 Å². The van der Waals surface area contributed by atoms with Crippen LogP contribution in [0.2, 0.25) is 0 Å². The molecule has 2 N–H and O–H groups in total. The molecule has 0 spiro atoms. The summed E-state index contributed by atoms with van der Waals surface area (Å²) < 4.78 is 15.4. The number of H-pyrrole nitrogens is 1. The molecule has 10 nitrogen and oxygen atoms in total. The normalized spacial score (nSPS) is 14.6. The summed E-state index contributed by atoms with van der Waals surface area (Å²) in [6.45, 7) is 16.1. The number of para-hydroxylation sites is 3. The molecule has 3 aromatic heterocycles. The molecule has 9 rings (SSSR count). The molecule has 0 saturated heterocycles. The van der Waals surface area contributed by atoms with E-state index in [0.717, 1.165) is 50.1 Å². The summed E-state index contributed by atoms with van der Waals surface area (Å²) >= 11 is 0. The first kappa shape index (κ1) is 45.8. The van der Waals surface area contributed by atoms with Gasteiger partial charge < -0.3 is 38.7 Å². The van der Waals surface area contributed by atoms with E-state index in [2.05, 4.69) is 100 Å². The standard InChI is InChI=1S/C17H22N2O2.C16H20N2O2.C12H14N2.2CH4.ClH/c1-17(2,3)21-16(20)19-10-9-13-12-7-5-6-8-14(12)18(4)15(13)11-19;1-16(2,3)20-15(19)18-9-8-12-11-6-4-5-7-13(11)17-14(12)10-18;1-14-11-5-3-2-4-9(11)10-6-7-13-8-12(10)14;;;/h5-8H,9-11H2,1-4H3;4-7,17H,8-10H2,1-3H3;2-5,13H,6-8H2,1H3;2*1H4;1H. The largest absolute Gasteiger partial charge is 0.444 e. The highest BCUT2D eigenvalue weighted by Crippen LogP contribution is 2.31. The molecule has 0 bridgehead atoms. The Bertz CT molecular complexity index is 2360. The van der Waals surface area contributed by atoms with Gasteiger partial charge in [-0.3, -0.25) is 0 Å². The van der Waals surface area contributed by atoms with Gasteiger partial charge in [-0.25, -0.2) is 9.59 Å². The van der Waals surface area contributed by atoms with Crippen LogP contribution in [-0.4, -0.2) is 66.9 Å². The summed E-state index contributed by atoms with van der Waals surface area (Å²) in [6, 6.07) is 25.4. The van der Waals surface area contributed by atoms with Gasteiger partial charge in [-0.05, 0) is 102 Å². The van der Waals surface area contributed by atoms with Crippen LogP contribution in [-0.2, 0) is 62.5 Å². The molecule has 0 radical (unpaired) electrons. The van der Waals surface area contributed by atoms with E-state index in [4.69, 9.17) is 9.47 Å². The van der Waals surface area contributed by atoms with Crippen molar-refractivity contribution in [1.82, 2.24) is 29.2 Å². The third-order valence-corrected chi connectivity index (χ3v) is 10.7. The summed E-state index contributed by atoms with van der Waals surface area (Å²) in [7, 11) is 4.23. The lowest BCUT2D eigenvalue weighted by Crippen LogP contribution is -2.40. The molecular formula is C47H65ClN6O4. The molecule has 0 atom stereocenters. The van der Waals surface area contributed by atoms with Crippen molar-refractivity contribution in [1.29, 1.82) is 0 Å². The fourth-order valence-electron chi connectivity index (χ4n) is 8.12. The van der Waals surface area contributed by atoms with Crippen molar-refractivity contribution >= 4 is 57.3 Å². The molecule has 3 aliphatic rings. The number of aryl methyl sites for hydroxylation is 2. The molecule has 2 amide bonds. The molecule has 0 unspecified atom stereocenters. The van der Waals surface area contributed by atoms with Gasteiger partial charge in [0.05, 0.1) is 13.1 Å². The third-order valence-electron chi connectivity index (χ3n) is 10.7. The van der Waals surface area contributed by atoms with Crippen LogP contribution in [0.15, 0.2) is 72.8 Å². The van der Waals surface area contributed by atoms with E-state index in [9.17, 15) is 9.59 Å². The maximum absolute atomic E-state index is 12.2. The number of ether oxygens (including phenoxy) is 2. The van der Waals surface area contributed by atoms with Gasteiger partial charge >= 0.3 is 12.2 Å². The van der Waals surface area contributed by atoms with Gasteiger partial charge in [-0.2, -0.15) is 0 Å². The zero-order valence-corrected chi connectivity index (χ0v) is 34.9. The quantitative estimate of drug-likeness (QED) is 0.159. The van der Waals surface area contributed by atoms with E-state index in [1.807, 2.05) is 47.6 Å². The number of hydrogen-bond acceptors (Lipinski definition) is 5. The lowest BCUT2D eigenvalue weighted by atomic mass is 10.0. The van der Waals surface area contributed by atoms with Crippen LogP contribution in [0.4, 0.5) is 9.59 Å². The summed E-state index contributed by atoms with van der Waals surface area (Å²) in [4.78, 5) is 31.4. The highest BCUT2D eigenvalue weighted by molar-refractivity contribution is 5.87. The number of benzene rings is 3. The molecular weight excluding hydrogens is 748 g/mol. The van der Waals surface area contributed by atoms with Crippen LogP contribution in [0.5, 0.6) is 0 Å². The van der Waals surface area contributed by atoms with Crippen molar-refractivity contribution < 1.29 is 19.1 Å². The Morgan fingerprint density at radius 2 is 1.07 bits per heavy atom. The van der Waals surface area contributed by atoms with Gasteiger partial charge in [0.2, 0.25) is 0 Å². The van der Waals surface area contributed by atoms with Gasteiger partial charge in [0.25, 0.3) is 0 Å². The summed E-state index contributed by atoms with van der Waals surface area (Å²) in [6.07, 6.45) is 2.46. The Morgan fingerprint density at radius 1 is 0.603 bits per heavy atom. The van der Waals surface area contributed by atoms with Crippen LogP contribution >= 0.6 is 12.4 Å². The number of aromatic amines is 1. The zero-order chi connectivity index (χ0) is 39.1. The minimum atomic E-state index is -0.448. The number of aromatic nitrogens is 3. The van der Waals surface area contributed by atoms with Crippen molar-refractivity contribution in [3.8, 4) is 0 Å². The monoisotopic (exact) mass is 812 g/mol. The van der Waals surface area contributed by atoms with Crippen molar-refractivity contribution in [2.24, 2.45) is 14.1 Å². The first-order chi connectivity index (χ1) is 26.2. The molecule has 0 aliphatic carbocycles. The minimum absolute atomic E-state index is 0. The predicted molar refractivity (Wildman–Crippen MR) is 241 cm³/mol. The zero-order valence-electron chi connectivity index (χ0n) is 34.1. The Balaban J connectivity index is 0.000000191. The molecule has 6 heterocycles. The van der Waals surface area contributed by atoms with Crippen LogP contribution in [0.25, 0.3) is 32.7 Å². The van der Waals surface area contributed by atoms with Crippen LogP contribution < -0.4 is 5.32 Å². The topological polar surface area (TPSA) is 96.8 Å². The first-order valence-corrected chi connectivity index (χ1v) is 19.5. The van der Waals surface area contributed by atoms with E-state index < -0.39 is 11.2 Å². The fraction of sp³-hybridized carbons (Fsp3) is 0.447. The first-order valence-electron chi connectivity index (χ1n) is 19.5. The average molecular weight is 814 g/mol. The van der Waals surface area contributed by atoms with E-state index in [1.54, 1.807) is 15.4 Å². The van der Waals surface area contributed by atoms with Gasteiger partial charge in [0.1, 0.15) is 11.2 Å². The number of amides is 2. The van der Waals surface area contributed by atoms with Gasteiger partial charge in [0.15, 0.2) is 0 Å². The Morgan fingerprint density at radius 3 is 1.64 bits per heavy atom. The molecule has 314 valence electrons. The Hall–Kier alpha value is -4.93. The number of nitrogens with zero attached hydrogens (tertiary/aromatic N) is 4. The lowest BCUT2D eigenvalue weighted by molar-refractivity contribution is 0.0211. The maximum atomic E-state index is 12.2. The number of halogens is 1.